The molecule has 94 valence electrons. The van der Waals surface area contributed by atoms with Crippen LogP contribution in [0.15, 0.2) is 42.6 Å². The van der Waals surface area contributed by atoms with Gasteiger partial charge in [0, 0.05) is 23.9 Å². The van der Waals surface area contributed by atoms with Crippen molar-refractivity contribution in [3.05, 3.63) is 48.2 Å². The summed E-state index contributed by atoms with van der Waals surface area (Å²) in [6.07, 6.45) is 1.85. The van der Waals surface area contributed by atoms with Crippen molar-refractivity contribution in [3.8, 4) is 17.0 Å². The minimum absolute atomic E-state index is 0.309. The molecule has 0 saturated carbocycles. The van der Waals surface area contributed by atoms with Crippen LogP contribution in [0, 0.1) is 0 Å². The lowest BCUT2D eigenvalue weighted by atomic mass is 9.97. The maximum Gasteiger partial charge on any atom is 0.212 e. The Morgan fingerprint density at radius 1 is 1.17 bits per heavy atom. The van der Waals surface area contributed by atoms with Crippen LogP contribution in [-0.2, 0) is 0 Å². The van der Waals surface area contributed by atoms with Gasteiger partial charge in [-0.15, -0.1) is 0 Å². The predicted octanol–water partition coefficient (Wildman–Crippen LogP) is 3.04. The molecule has 0 aliphatic rings. The van der Waals surface area contributed by atoms with E-state index in [-0.39, 0.29) is 0 Å². The summed E-state index contributed by atoms with van der Waals surface area (Å²) in [6, 6.07) is 12.6. The number of aromatic nitrogens is 1. The van der Waals surface area contributed by atoms with Crippen LogP contribution in [0.25, 0.3) is 11.1 Å². The summed E-state index contributed by atoms with van der Waals surface area (Å²) in [4.78, 5) is 4.26. The monoisotopic (exact) mass is 242 g/mol. The number of methoxy groups -OCH3 is 1. The third-order valence-corrected chi connectivity index (χ3v) is 3.12. The van der Waals surface area contributed by atoms with Crippen LogP contribution in [0.4, 0.5) is 0 Å². The van der Waals surface area contributed by atoms with Crippen molar-refractivity contribution in [2.45, 2.75) is 13.0 Å². The van der Waals surface area contributed by atoms with Crippen molar-refractivity contribution >= 4 is 0 Å². The second-order valence-corrected chi connectivity index (χ2v) is 4.19. The molecular formula is C15H18N2O. The predicted molar refractivity (Wildman–Crippen MR) is 73.7 cm³/mol. The molecule has 0 fully saturated rings. The van der Waals surface area contributed by atoms with Gasteiger partial charge in [-0.1, -0.05) is 24.3 Å². The quantitative estimate of drug-likeness (QED) is 0.894. The maximum atomic E-state index is 5.08. The minimum Gasteiger partial charge on any atom is -0.481 e. The fourth-order valence-electron chi connectivity index (χ4n) is 1.95. The highest BCUT2D eigenvalue weighted by molar-refractivity contribution is 5.67. The molecule has 18 heavy (non-hydrogen) atoms. The van der Waals surface area contributed by atoms with E-state index in [1.54, 1.807) is 7.11 Å². The zero-order valence-electron chi connectivity index (χ0n) is 11.0. The highest BCUT2D eigenvalue weighted by Crippen LogP contribution is 2.28. The van der Waals surface area contributed by atoms with Crippen molar-refractivity contribution < 1.29 is 4.74 Å². The summed E-state index contributed by atoms with van der Waals surface area (Å²) in [7, 11) is 3.59. The standard InChI is InChI=1S/C15H18N2O/c1-11(16-2)13-6-4-5-7-14(13)12-8-9-15(18-3)17-10-12/h4-11,16H,1-3H3. The van der Waals surface area contributed by atoms with Crippen LogP contribution in [-0.4, -0.2) is 19.1 Å². The second-order valence-electron chi connectivity index (χ2n) is 4.19. The SMILES string of the molecule is CNC(C)c1ccccc1-c1ccc(OC)nc1. The van der Waals surface area contributed by atoms with E-state index in [0.717, 1.165) is 5.56 Å². The van der Waals surface area contributed by atoms with Gasteiger partial charge in [0.25, 0.3) is 0 Å². The van der Waals surface area contributed by atoms with Gasteiger partial charge in [0.2, 0.25) is 5.88 Å². The second kappa shape index (κ2) is 5.65. The van der Waals surface area contributed by atoms with Crippen LogP contribution >= 0.6 is 0 Å². The molecule has 2 rings (SSSR count). The molecule has 0 saturated heterocycles. The lowest BCUT2D eigenvalue weighted by Gasteiger charge is -2.15. The van der Waals surface area contributed by atoms with Gasteiger partial charge in [0.15, 0.2) is 0 Å². The number of rotatable bonds is 4. The van der Waals surface area contributed by atoms with Crippen LogP contribution in [0.5, 0.6) is 5.88 Å². The fraction of sp³-hybridized carbons (Fsp3) is 0.267. The van der Waals surface area contributed by atoms with Gasteiger partial charge in [-0.3, -0.25) is 0 Å². The number of hydrogen-bond donors (Lipinski definition) is 1. The normalized spacial score (nSPS) is 12.2. The summed E-state index contributed by atoms with van der Waals surface area (Å²) in [6.45, 7) is 2.15. The smallest absolute Gasteiger partial charge is 0.212 e. The molecule has 0 aliphatic heterocycles. The molecule has 1 aromatic carbocycles. The summed E-state index contributed by atoms with van der Waals surface area (Å²) < 4.78 is 5.08. The minimum atomic E-state index is 0.309. The van der Waals surface area contributed by atoms with Crippen LogP contribution in [0.1, 0.15) is 18.5 Å². The molecule has 1 heterocycles. The summed E-state index contributed by atoms with van der Waals surface area (Å²) in [5.41, 5.74) is 3.58. The largest absolute Gasteiger partial charge is 0.481 e. The van der Waals surface area contributed by atoms with Crippen molar-refractivity contribution in [3.63, 3.8) is 0 Å². The molecule has 0 bridgehead atoms. The Bertz CT molecular complexity index is 508. The van der Waals surface area contributed by atoms with E-state index in [1.165, 1.54) is 11.1 Å². The average Bonchev–Trinajstić information content (AvgIpc) is 2.46. The number of pyridine rings is 1. The molecule has 1 unspecified atom stereocenters. The fourth-order valence-corrected chi connectivity index (χ4v) is 1.95. The highest BCUT2D eigenvalue weighted by Gasteiger charge is 2.10. The molecule has 0 aliphatic carbocycles. The van der Waals surface area contributed by atoms with Gasteiger partial charge >= 0.3 is 0 Å². The lowest BCUT2D eigenvalue weighted by Crippen LogP contribution is -2.13. The van der Waals surface area contributed by atoms with Gasteiger partial charge in [-0.2, -0.15) is 0 Å². The zero-order valence-corrected chi connectivity index (χ0v) is 11.0. The summed E-state index contributed by atoms with van der Waals surface area (Å²) in [5.74, 6) is 0.637. The van der Waals surface area contributed by atoms with Gasteiger partial charge in [0.1, 0.15) is 0 Å². The number of nitrogens with zero attached hydrogens (tertiary/aromatic N) is 1. The summed E-state index contributed by atoms with van der Waals surface area (Å²) >= 11 is 0. The van der Waals surface area contributed by atoms with Gasteiger partial charge in [-0.05, 0) is 31.2 Å². The first-order valence-corrected chi connectivity index (χ1v) is 6.03. The van der Waals surface area contributed by atoms with Gasteiger partial charge < -0.3 is 10.1 Å². The van der Waals surface area contributed by atoms with E-state index >= 15 is 0 Å². The maximum absolute atomic E-state index is 5.08. The molecule has 0 amide bonds. The Labute approximate surface area is 108 Å². The van der Waals surface area contributed by atoms with Crippen LogP contribution in [0.2, 0.25) is 0 Å². The molecular weight excluding hydrogens is 224 g/mol. The Kier molecular flexibility index (Phi) is 3.95. The van der Waals surface area contributed by atoms with Crippen LogP contribution < -0.4 is 10.1 Å². The van der Waals surface area contributed by atoms with Gasteiger partial charge in [-0.25, -0.2) is 4.98 Å². The Hall–Kier alpha value is -1.87. The average molecular weight is 242 g/mol. The van der Waals surface area contributed by atoms with Crippen molar-refractivity contribution in [2.24, 2.45) is 0 Å². The Morgan fingerprint density at radius 3 is 2.56 bits per heavy atom. The first kappa shape index (κ1) is 12.6. The first-order chi connectivity index (χ1) is 8.76. The number of hydrogen-bond acceptors (Lipinski definition) is 3. The number of ether oxygens (including phenoxy) is 1. The number of nitrogens with one attached hydrogen (secondary N) is 1. The molecule has 3 heteroatoms. The van der Waals surface area contributed by atoms with Crippen LogP contribution in [0.3, 0.4) is 0 Å². The Balaban J connectivity index is 2.43. The van der Waals surface area contributed by atoms with Gasteiger partial charge in [0.05, 0.1) is 7.11 Å². The van der Waals surface area contributed by atoms with Crippen molar-refractivity contribution in [1.29, 1.82) is 0 Å². The number of benzene rings is 1. The molecule has 0 radical (unpaired) electrons. The van der Waals surface area contributed by atoms with E-state index < -0.39 is 0 Å². The third kappa shape index (κ3) is 2.51. The third-order valence-electron chi connectivity index (χ3n) is 3.12. The molecule has 1 aromatic heterocycles. The summed E-state index contributed by atoms with van der Waals surface area (Å²) in [5, 5.41) is 3.27. The molecule has 2 aromatic rings. The van der Waals surface area contributed by atoms with E-state index in [0.29, 0.717) is 11.9 Å². The van der Waals surface area contributed by atoms with E-state index in [4.69, 9.17) is 4.74 Å². The van der Waals surface area contributed by atoms with E-state index in [1.807, 2.05) is 31.4 Å². The lowest BCUT2D eigenvalue weighted by molar-refractivity contribution is 0.398. The topological polar surface area (TPSA) is 34.1 Å². The molecule has 0 spiro atoms. The van der Waals surface area contributed by atoms with E-state index in [9.17, 15) is 0 Å². The molecule has 1 atom stereocenters. The zero-order chi connectivity index (χ0) is 13.0. The van der Waals surface area contributed by atoms with E-state index in [2.05, 4.69) is 35.4 Å². The van der Waals surface area contributed by atoms with Crippen molar-refractivity contribution in [2.75, 3.05) is 14.2 Å². The van der Waals surface area contributed by atoms with Crippen molar-refractivity contribution in [1.82, 2.24) is 10.3 Å². The molecule has 1 N–H and O–H groups in total. The Morgan fingerprint density at radius 2 is 1.94 bits per heavy atom. The molecule has 3 nitrogen and oxygen atoms in total. The first-order valence-electron chi connectivity index (χ1n) is 6.03. The highest BCUT2D eigenvalue weighted by atomic mass is 16.5.